The average molecular weight is 447 g/mol. The van der Waals surface area contributed by atoms with E-state index in [4.69, 9.17) is 14.7 Å². The van der Waals surface area contributed by atoms with Crippen molar-refractivity contribution >= 4 is 28.5 Å². The van der Waals surface area contributed by atoms with Crippen molar-refractivity contribution in [3.8, 4) is 0 Å². The molecule has 0 bridgehead atoms. The van der Waals surface area contributed by atoms with Crippen LogP contribution < -0.4 is 5.32 Å². The predicted octanol–water partition coefficient (Wildman–Crippen LogP) is 4.26. The highest BCUT2D eigenvalue weighted by Crippen LogP contribution is 2.22. The second-order valence-electron chi connectivity index (χ2n) is 8.49. The van der Waals surface area contributed by atoms with Crippen LogP contribution in [0.3, 0.4) is 0 Å². The van der Waals surface area contributed by atoms with Crippen molar-refractivity contribution in [3.05, 3.63) is 65.0 Å². The van der Waals surface area contributed by atoms with E-state index in [-0.39, 0.29) is 24.0 Å². The van der Waals surface area contributed by atoms with Gasteiger partial charge in [0.1, 0.15) is 0 Å². The highest BCUT2D eigenvalue weighted by atomic mass is 16.5. The number of morpholine rings is 1. The van der Waals surface area contributed by atoms with Gasteiger partial charge in [-0.1, -0.05) is 26.0 Å². The van der Waals surface area contributed by atoms with Crippen molar-refractivity contribution in [2.45, 2.75) is 52.7 Å². The quantitative estimate of drug-likeness (QED) is 0.633. The topological polar surface area (TPSA) is 84.4 Å². The van der Waals surface area contributed by atoms with Crippen LogP contribution in [-0.4, -0.2) is 52.0 Å². The molecule has 7 heteroatoms. The Labute approximate surface area is 194 Å². The Kier molecular flexibility index (Phi) is 6.70. The van der Waals surface area contributed by atoms with Gasteiger partial charge in [-0.05, 0) is 57.0 Å². The van der Waals surface area contributed by atoms with Crippen molar-refractivity contribution in [2.75, 3.05) is 18.4 Å². The number of nitrogens with zero attached hydrogens (tertiary/aromatic N) is 3. The summed E-state index contributed by atoms with van der Waals surface area (Å²) in [5, 5.41) is 2.92. The van der Waals surface area contributed by atoms with E-state index < -0.39 is 0 Å². The monoisotopic (exact) mass is 446 g/mol. The van der Waals surface area contributed by atoms with Gasteiger partial charge in [-0.25, -0.2) is 9.97 Å². The third-order valence-corrected chi connectivity index (χ3v) is 5.86. The Balaban J connectivity index is 1.59. The van der Waals surface area contributed by atoms with Crippen molar-refractivity contribution in [1.82, 2.24) is 14.9 Å². The number of benzene rings is 2. The van der Waals surface area contributed by atoms with Crippen LogP contribution in [0.4, 0.5) is 5.69 Å². The van der Waals surface area contributed by atoms with E-state index in [2.05, 4.69) is 19.2 Å². The SMILES string of the molecule is CCc1nc2ccc(C(=O)Nc3ccccc3C(=O)N3CC(C)OC(C)C3)cc2nc1CC. The summed E-state index contributed by atoms with van der Waals surface area (Å²) in [5.74, 6) is -0.405. The van der Waals surface area contributed by atoms with Crippen LogP contribution in [0.1, 0.15) is 59.8 Å². The lowest BCUT2D eigenvalue weighted by atomic mass is 10.1. The molecule has 4 rings (SSSR count). The van der Waals surface area contributed by atoms with Gasteiger partial charge in [-0.3, -0.25) is 9.59 Å². The number of aryl methyl sites for hydroxylation is 2. The molecule has 1 aromatic heterocycles. The van der Waals surface area contributed by atoms with Crippen molar-refractivity contribution in [2.24, 2.45) is 0 Å². The molecule has 2 heterocycles. The molecule has 2 amide bonds. The third-order valence-electron chi connectivity index (χ3n) is 5.86. The molecule has 172 valence electrons. The summed E-state index contributed by atoms with van der Waals surface area (Å²) < 4.78 is 5.75. The normalized spacial score (nSPS) is 18.4. The van der Waals surface area contributed by atoms with Crippen LogP contribution >= 0.6 is 0 Å². The molecule has 3 aromatic rings. The zero-order valence-electron chi connectivity index (χ0n) is 19.6. The number of amides is 2. The maximum atomic E-state index is 13.2. The van der Waals surface area contributed by atoms with E-state index in [0.29, 0.717) is 35.4 Å². The van der Waals surface area contributed by atoms with Gasteiger partial charge < -0.3 is 15.0 Å². The van der Waals surface area contributed by atoms with Gasteiger partial charge in [0, 0.05) is 18.7 Å². The number of ether oxygens (including phenoxy) is 1. The van der Waals surface area contributed by atoms with Crippen LogP contribution in [0.2, 0.25) is 0 Å². The lowest BCUT2D eigenvalue weighted by Gasteiger charge is -2.35. The first kappa shape index (κ1) is 22.9. The van der Waals surface area contributed by atoms with Gasteiger partial charge in [0.25, 0.3) is 11.8 Å². The maximum absolute atomic E-state index is 13.2. The molecule has 1 aliphatic heterocycles. The molecule has 33 heavy (non-hydrogen) atoms. The standard InChI is InChI=1S/C26H30N4O3/c1-5-20-21(6-2)28-24-13-18(11-12-23(24)27-20)25(31)29-22-10-8-7-9-19(22)26(32)30-14-16(3)33-17(4)15-30/h7-13,16-17H,5-6,14-15H2,1-4H3,(H,29,31). The summed E-state index contributed by atoms with van der Waals surface area (Å²) in [5.41, 5.74) is 4.83. The Morgan fingerprint density at radius 2 is 1.61 bits per heavy atom. The van der Waals surface area contributed by atoms with E-state index in [1.165, 1.54) is 0 Å². The van der Waals surface area contributed by atoms with Crippen molar-refractivity contribution in [3.63, 3.8) is 0 Å². The van der Waals surface area contributed by atoms with E-state index >= 15 is 0 Å². The Hall–Kier alpha value is -3.32. The van der Waals surface area contributed by atoms with Gasteiger partial charge in [0.15, 0.2) is 0 Å². The first-order chi connectivity index (χ1) is 15.9. The lowest BCUT2D eigenvalue weighted by molar-refractivity contribution is -0.0585. The highest BCUT2D eigenvalue weighted by Gasteiger charge is 2.28. The molecule has 2 unspecified atom stereocenters. The number of aromatic nitrogens is 2. The summed E-state index contributed by atoms with van der Waals surface area (Å²) >= 11 is 0. The number of para-hydroxylation sites is 1. The van der Waals surface area contributed by atoms with Gasteiger partial charge >= 0.3 is 0 Å². The minimum atomic E-state index is -0.291. The fourth-order valence-electron chi connectivity index (χ4n) is 4.32. The van der Waals surface area contributed by atoms with Crippen molar-refractivity contribution < 1.29 is 14.3 Å². The highest BCUT2D eigenvalue weighted by molar-refractivity contribution is 6.09. The fourth-order valence-corrected chi connectivity index (χ4v) is 4.32. The summed E-state index contributed by atoms with van der Waals surface area (Å²) in [6.45, 7) is 9.07. The summed E-state index contributed by atoms with van der Waals surface area (Å²) in [6, 6.07) is 12.4. The van der Waals surface area contributed by atoms with Crippen LogP contribution in [0, 0.1) is 0 Å². The summed E-state index contributed by atoms with van der Waals surface area (Å²) in [4.78, 5) is 37.5. The Bertz CT molecular complexity index is 1180. The van der Waals surface area contributed by atoms with Crippen LogP contribution in [0.25, 0.3) is 11.0 Å². The molecule has 0 aliphatic carbocycles. The lowest BCUT2D eigenvalue weighted by Crippen LogP contribution is -2.48. The third kappa shape index (κ3) is 4.88. The second-order valence-corrected chi connectivity index (χ2v) is 8.49. The number of carbonyl (C=O) groups excluding carboxylic acids is 2. The number of hydrogen-bond donors (Lipinski definition) is 1. The Morgan fingerprint density at radius 1 is 0.970 bits per heavy atom. The summed E-state index contributed by atoms with van der Waals surface area (Å²) in [7, 11) is 0. The molecule has 1 fully saturated rings. The average Bonchev–Trinajstić information content (AvgIpc) is 2.82. The minimum Gasteiger partial charge on any atom is -0.372 e. The largest absolute Gasteiger partial charge is 0.372 e. The molecular formula is C26H30N4O3. The maximum Gasteiger partial charge on any atom is 0.256 e. The van der Waals surface area contributed by atoms with Gasteiger partial charge in [0.05, 0.1) is 45.9 Å². The molecule has 0 radical (unpaired) electrons. The number of rotatable bonds is 5. The molecule has 1 saturated heterocycles. The first-order valence-corrected chi connectivity index (χ1v) is 11.5. The molecule has 7 nitrogen and oxygen atoms in total. The van der Waals surface area contributed by atoms with E-state index in [0.717, 1.165) is 29.7 Å². The molecule has 0 spiro atoms. The second kappa shape index (κ2) is 9.67. The van der Waals surface area contributed by atoms with Crippen LogP contribution in [0.5, 0.6) is 0 Å². The smallest absolute Gasteiger partial charge is 0.256 e. The first-order valence-electron chi connectivity index (χ1n) is 11.5. The van der Waals surface area contributed by atoms with Crippen LogP contribution in [-0.2, 0) is 17.6 Å². The number of nitrogens with one attached hydrogen (secondary N) is 1. The molecular weight excluding hydrogens is 416 g/mol. The molecule has 1 aliphatic rings. The summed E-state index contributed by atoms with van der Waals surface area (Å²) in [6.07, 6.45) is 1.55. The number of hydrogen-bond acceptors (Lipinski definition) is 5. The minimum absolute atomic E-state index is 0.0283. The number of anilines is 1. The zero-order valence-corrected chi connectivity index (χ0v) is 19.6. The van der Waals surface area contributed by atoms with E-state index in [9.17, 15) is 9.59 Å². The number of fused-ring (bicyclic) bond motifs is 1. The molecule has 1 N–H and O–H groups in total. The van der Waals surface area contributed by atoms with Gasteiger partial charge in [-0.15, -0.1) is 0 Å². The molecule has 2 atom stereocenters. The van der Waals surface area contributed by atoms with Crippen LogP contribution in [0.15, 0.2) is 42.5 Å². The van der Waals surface area contributed by atoms with Gasteiger partial charge in [-0.2, -0.15) is 0 Å². The molecule has 2 aromatic carbocycles. The Morgan fingerprint density at radius 3 is 2.27 bits per heavy atom. The van der Waals surface area contributed by atoms with Gasteiger partial charge in [0.2, 0.25) is 0 Å². The van der Waals surface area contributed by atoms with E-state index in [1.807, 2.05) is 26.0 Å². The van der Waals surface area contributed by atoms with E-state index in [1.54, 1.807) is 35.2 Å². The predicted molar refractivity (Wildman–Crippen MR) is 129 cm³/mol. The number of carbonyl (C=O) groups is 2. The molecule has 0 saturated carbocycles. The fraction of sp³-hybridized carbons (Fsp3) is 0.385. The van der Waals surface area contributed by atoms with Crippen molar-refractivity contribution in [1.29, 1.82) is 0 Å². The zero-order chi connectivity index (χ0) is 23.5.